The summed E-state index contributed by atoms with van der Waals surface area (Å²) in [5, 5.41) is 2.97. The molecule has 2 fully saturated rings. The third kappa shape index (κ3) is 5.09. The van der Waals surface area contributed by atoms with Crippen LogP contribution in [0.3, 0.4) is 0 Å². The fraction of sp³-hybridized carbons (Fsp3) is 0.882. The summed E-state index contributed by atoms with van der Waals surface area (Å²) in [4.78, 5) is 28.1. The summed E-state index contributed by atoms with van der Waals surface area (Å²) in [6.07, 6.45) is 3.18. The SMILES string of the molecule is CC(C)C[C@H](C)OC(=O)NC1CCN([C@@H]2CCN(C)C2=O)CC1. The van der Waals surface area contributed by atoms with E-state index in [4.69, 9.17) is 4.74 Å². The third-order valence-corrected chi connectivity index (χ3v) is 4.80. The van der Waals surface area contributed by atoms with Crippen LogP contribution >= 0.6 is 0 Å². The molecule has 0 aromatic carbocycles. The minimum atomic E-state index is -0.312. The Hall–Kier alpha value is -1.30. The van der Waals surface area contributed by atoms with E-state index in [9.17, 15) is 9.59 Å². The number of alkyl carbamates (subject to hydrolysis) is 1. The van der Waals surface area contributed by atoms with Crippen LogP contribution in [0.5, 0.6) is 0 Å². The van der Waals surface area contributed by atoms with Crippen LogP contribution in [0, 0.1) is 5.92 Å². The lowest BCUT2D eigenvalue weighted by atomic mass is 10.0. The van der Waals surface area contributed by atoms with Crippen molar-refractivity contribution < 1.29 is 14.3 Å². The summed E-state index contributed by atoms with van der Waals surface area (Å²) in [6, 6.07) is 0.193. The lowest BCUT2D eigenvalue weighted by molar-refractivity contribution is -0.131. The molecule has 0 saturated carbocycles. The highest BCUT2D eigenvalue weighted by atomic mass is 16.6. The van der Waals surface area contributed by atoms with Gasteiger partial charge in [-0.3, -0.25) is 9.69 Å². The third-order valence-electron chi connectivity index (χ3n) is 4.80. The molecule has 0 radical (unpaired) electrons. The van der Waals surface area contributed by atoms with E-state index >= 15 is 0 Å². The quantitative estimate of drug-likeness (QED) is 0.838. The maximum absolute atomic E-state index is 12.1. The van der Waals surface area contributed by atoms with Crippen LogP contribution in [0.25, 0.3) is 0 Å². The summed E-state index contributed by atoms with van der Waals surface area (Å²) < 4.78 is 5.40. The predicted molar refractivity (Wildman–Crippen MR) is 89.2 cm³/mol. The standard InChI is InChI=1S/C17H31N3O3/c1-12(2)11-13(3)23-17(22)18-14-5-9-20(10-6-14)15-7-8-19(4)16(15)21/h12-15H,5-11H2,1-4H3,(H,18,22)/t13-,15+/m0/s1. The van der Waals surface area contributed by atoms with Gasteiger partial charge < -0.3 is 15.0 Å². The first-order valence-electron chi connectivity index (χ1n) is 8.83. The molecule has 0 aromatic rings. The molecule has 132 valence electrons. The van der Waals surface area contributed by atoms with Gasteiger partial charge in [-0.25, -0.2) is 4.79 Å². The van der Waals surface area contributed by atoms with Crippen molar-refractivity contribution in [3.8, 4) is 0 Å². The van der Waals surface area contributed by atoms with E-state index in [1.54, 1.807) is 0 Å². The Bertz CT molecular complexity index is 419. The smallest absolute Gasteiger partial charge is 0.407 e. The molecule has 2 heterocycles. The Morgan fingerprint density at radius 1 is 1.22 bits per heavy atom. The van der Waals surface area contributed by atoms with E-state index in [0.717, 1.165) is 45.3 Å². The molecule has 0 aromatic heterocycles. The topological polar surface area (TPSA) is 61.9 Å². The molecule has 0 unspecified atom stereocenters. The number of likely N-dealkylation sites (N-methyl/N-ethyl adjacent to an activating group) is 1. The number of carbonyl (C=O) groups excluding carboxylic acids is 2. The van der Waals surface area contributed by atoms with Crippen LogP contribution in [0.4, 0.5) is 4.79 Å². The minimum Gasteiger partial charge on any atom is -0.447 e. The number of likely N-dealkylation sites (tertiary alicyclic amines) is 2. The van der Waals surface area contributed by atoms with Crippen molar-refractivity contribution in [1.29, 1.82) is 0 Å². The number of nitrogens with one attached hydrogen (secondary N) is 1. The van der Waals surface area contributed by atoms with Gasteiger partial charge in [0.15, 0.2) is 0 Å². The first kappa shape index (κ1) is 18.0. The molecule has 0 bridgehead atoms. The highest BCUT2D eigenvalue weighted by molar-refractivity contribution is 5.83. The van der Waals surface area contributed by atoms with Crippen LogP contribution in [-0.4, -0.2) is 66.7 Å². The Labute approximate surface area is 139 Å². The van der Waals surface area contributed by atoms with Crippen molar-refractivity contribution in [2.24, 2.45) is 5.92 Å². The van der Waals surface area contributed by atoms with Crippen molar-refractivity contribution in [1.82, 2.24) is 15.1 Å². The molecule has 0 spiro atoms. The molecule has 23 heavy (non-hydrogen) atoms. The summed E-state index contributed by atoms with van der Waals surface area (Å²) in [7, 11) is 1.87. The van der Waals surface area contributed by atoms with Gasteiger partial charge in [-0.2, -0.15) is 0 Å². The van der Waals surface area contributed by atoms with Gasteiger partial charge in [-0.1, -0.05) is 13.8 Å². The van der Waals surface area contributed by atoms with E-state index < -0.39 is 0 Å². The van der Waals surface area contributed by atoms with E-state index in [1.165, 1.54) is 0 Å². The van der Waals surface area contributed by atoms with Crippen molar-refractivity contribution in [2.75, 3.05) is 26.7 Å². The number of ether oxygens (including phenoxy) is 1. The molecule has 2 saturated heterocycles. The van der Waals surface area contributed by atoms with E-state index in [-0.39, 0.29) is 30.2 Å². The van der Waals surface area contributed by atoms with Gasteiger partial charge in [0.05, 0.1) is 6.04 Å². The van der Waals surface area contributed by atoms with E-state index in [2.05, 4.69) is 24.1 Å². The molecule has 2 aliphatic rings. The average molecular weight is 325 g/mol. The number of nitrogens with zero attached hydrogens (tertiary/aromatic N) is 2. The van der Waals surface area contributed by atoms with Crippen LogP contribution in [0.2, 0.25) is 0 Å². The maximum atomic E-state index is 12.1. The summed E-state index contributed by atoms with van der Waals surface area (Å²) in [6.45, 7) is 8.74. The van der Waals surface area contributed by atoms with Gasteiger partial charge in [-0.05, 0) is 38.5 Å². The fourth-order valence-electron chi connectivity index (χ4n) is 3.59. The molecule has 0 aliphatic carbocycles. The Kier molecular flexibility index (Phi) is 6.27. The molecular formula is C17H31N3O3. The number of hydrogen-bond donors (Lipinski definition) is 1. The lowest BCUT2D eigenvalue weighted by Crippen LogP contribution is -2.50. The number of carbonyl (C=O) groups is 2. The highest BCUT2D eigenvalue weighted by Crippen LogP contribution is 2.21. The van der Waals surface area contributed by atoms with Crippen LogP contribution in [-0.2, 0) is 9.53 Å². The second kappa shape index (κ2) is 7.99. The van der Waals surface area contributed by atoms with E-state index in [0.29, 0.717) is 5.92 Å². The fourth-order valence-corrected chi connectivity index (χ4v) is 3.59. The second-order valence-corrected chi connectivity index (χ2v) is 7.36. The molecule has 2 rings (SSSR count). The lowest BCUT2D eigenvalue weighted by Gasteiger charge is -2.35. The average Bonchev–Trinajstić information content (AvgIpc) is 2.79. The Morgan fingerprint density at radius 2 is 1.87 bits per heavy atom. The number of amides is 2. The van der Waals surface area contributed by atoms with E-state index in [1.807, 2.05) is 18.9 Å². The molecule has 6 nitrogen and oxygen atoms in total. The highest BCUT2D eigenvalue weighted by Gasteiger charge is 2.35. The molecular weight excluding hydrogens is 294 g/mol. The van der Waals surface area contributed by atoms with Crippen molar-refractivity contribution in [3.63, 3.8) is 0 Å². The predicted octanol–water partition coefficient (Wildman–Crippen LogP) is 1.84. The largest absolute Gasteiger partial charge is 0.447 e. The Morgan fingerprint density at radius 3 is 2.39 bits per heavy atom. The summed E-state index contributed by atoms with van der Waals surface area (Å²) in [5.41, 5.74) is 0. The first-order chi connectivity index (χ1) is 10.9. The molecule has 2 atom stereocenters. The molecule has 6 heteroatoms. The van der Waals surface area contributed by atoms with Gasteiger partial charge in [0.1, 0.15) is 6.10 Å². The molecule has 1 N–H and O–H groups in total. The van der Waals surface area contributed by atoms with Gasteiger partial charge in [0.25, 0.3) is 0 Å². The van der Waals surface area contributed by atoms with Crippen LogP contribution in [0.1, 0.15) is 46.5 Å². The maximum Gasteiger partial charge on any atom is 0.407 e. The zero-order chi connectivity index (χ0) is 17.0. The van der Waals surface area contributed by atoms with Gasteiger partial charge >= 0.3 is 6.09 Å². The number of rotatable bonds is 5. The molecule has 2 aliphatic heterocycles. The molecule has 2 amide bonds. The zero-order valence-corrected chi connectivity index (χ0v) is 14.9. The normalized spacial score (nSPS) is 25.0. The Balaban J connectivity index is 1.70. The summed E-state index contributed by atoms with van der Waals surface area (Å²) in [5.74, 6) is 0.751. The van der Waals surface area contributed by atoms with Crippen LogP contribution < -0.4 is 5.32 Å². The number of piperidine rings is 1. The van der Waals surface area contributed by atoms with Gasteiger partial charge in [-0.15, -0.1) is 0 Å². The second-order valence-electron chi connectivity index (χ2n) is 7.36. The van der Waals surface area contributed by atoms with Gasteiger partial charge in [0.2, 0.25) is 5.91 Å². The zero-order valence-electron chi connectivity index (χ0n) is 14.9. The minimum absolute atomic E-state index is 0.0407. The first-order valence-corrected chi connectivity index (χ1v) is 8.83. The van der Waals surface area contributed by atoms with Crippen molar-refractivity contribution in [3.05, 3.63) is 0 Å². The number of hydrogen-bond acceptors (Lipinski definition) is 4. The van der Waals surface area contributed by atoms with Crippen molar-refractivity contribution >= 4 is 12.0 Å². The van der Waals surface area contributed by atoms with Crippen molar-refractivity contribution in [2.45, 2.75) is 64.6 Å². The monoisotopic (exact) mass is 325 g/mol. The van der Waals surface area contributed by atoms with Gasteiger partial charge in [0, 0.05) is 32.7 Å². The summed E-state index contributed by atoms with van der Waals surface area (Å²) >= 11 is 0. The van der Waals surface area contributed by atoms with Crippen LogP contribution in [0.15, 0.2) is 0 Å².